The number of aryl methyl sites for hydroxylation is 2. The average Bonchev–Trinajstić information content (AvgIpc) is 2.86. The minimum Gasteiger partial charge on any atom is -0.308 e. The van der Waals surface area contributed by atoms with Crippen molar-refractivity contribution in [3.05, 3.63) is 44.6 Å². The molecule has 3 rings (SSSR count). The van der Waals surface area contributed by atoms with Crippen molar-refractivity contribution in [2.24, 2.45) is 5.10 Å². The van der Waals surface area contributed by atoms with Crippen molar-refractivity contribution in [1.29, 1.82) is 0 Å². The van der Waals surface area contributed by atoms with Crippen LogP contribution in [0.5, 0.6) is 0 Å². The molecule has 5 nitrogen and oxygen atoms in total. The van der Waals surface area contributed by atoms with E-state index in [0.717, 1.165) is 32.8 Å². The van der Waals surface area contributed by atoms with Crippen LogP contribution in [0.25, 0.3) is 10.3 Å². The van der Waals surface area contributed by atoms with E-state index < -0.39 is 0 Å². The smallest absolute Gasteiger partial charge is 0.169 e. The summed E-state index contributed by atoms with van der Waals surface area (Å²) >= 11 is 12.8. The number of benzene rings is 1. The first-order valence-corrected chi connectivity index (χ1v) is 9.11. The molecule has 0 amide bonds. The highest BCUT2D eigenvalue weighted by atomic mass is 35.5. The molecule has 2 heterocycles. The summed E-state index contributed by atoms with van der Waals surface area (Å²) in [5, 5.41) is 4.97. The van der Waals surface area contributed by atoms with Gasteiger partial charge in [-0.25, -0.2) is 9.97 Å². The molecule has 1 aromatic carbocycles. The van der Waals surface area contributed by atoms with E-state index in [1.807, 2.05) is 31.2 Å². The third kappa shape index (κ3) is 3.63. The van der Waals surface area contributed by atoms with Crippen LogP contribution in [-0.2, 0) is 6.54 Å². The van der Waals surface area contributed by atoms with E-state index in [1.165, 1.54) is 11.3 Å². The van der Waals surface area contributed by atoms with Crippen LogP contribution in [0.3, 0.4) is 0 Å². The number of fused-ring (bicyclic) bond motifs is 1. The summed E-state index contributed by atoms with van der Waals surface area (Å²) in [5.74, 6) is 1.36. The standard InChI is InChI=1S/C16H16ClN5S2/c1-3-8-22-15-13(24-16(22)23)14(19-10(2)20-15)21-18-9-11-4-6-12(17)7-5-11/h4-7,9H,3,8H2,1-2H3,(H,19,20,21)/b18-9+. The lowest BCUT2D eigenvalue weighted by Gasteiger charge is -2.05. The third-order valence-electron chi connectivity index (χ3n) is 3.33. The second-order valence-corrected chi connectivity index (χ2v) is 7.29. The first kappa shape index (κ1) is 17.0. The van der Waals surface area contributed by atoms with Gasteiger partial charge in [-0.05, 0) is 43.3 Å². The molecule has 0 radical (unpaired) electrons. The van der Waals surface area contributed by atoms with Gasteiger partial charge in [-0.15, -0.1) is 0 Å². The SMILES string of the molecule is CCCn1c(=S)sc2c(N/N=C/c3ccc(Cl)cc3)nc(C)nc21. The molecule has 1 N–H and O–H groups in total. The molecule has 0 atom stereocenters. The van der Waals surface area contributed by atoms with Gasteiger partial charge in [0.1, 0.15) is 10.5 Å². The predicted octanol–water partition coefficient (Wildman–Crippen LogP) is 5.04. The largest absolute Gasteiger partial charge is 0.308 e. The van der Waals surface area contributed by atoms with Gasteiger partial charge in [0, 0.05) is 11.6 Å². The van der Waals surface area contributed by atoms with Crippen molar-refractivity contribution in [3.63, 3.8) is 0 Å². The molecule has 0 fully saturated rings. The van der Waals surface area contributed by atoms with Crippen LogP contribution in [0.1, 0.15) is 24.7 Å². The fraction of sp³-hybridized carbons (Fsp3) is 0.250. The number of aromatic nitrogens is 3. The molecule has 124 valence electrons. The molecule has 0 aliphatic rings. The third-order valence-corrected chi connectivity index (χ3v) is 5.02. The number of rotatable bonds is 5. The lowest BCUT2D eigenvalue weighted by atomic mass is 10.2. The Bertz CT molecular complexity index is 943. The monoisotopic (exact) mass is 377 g/mol. The summed E-state index contributed by atoms with van der Waals surface area (Å²) in [6.07, 6.45) is 2.72. The Kier molecular flexibility index (Phi) is 5.23. The Morgan fingerprint density at radius 2 is 2.08 bits per heavy atom. The lowest BCUT2D eigenvalue weighted by molar-refractivity contribution is 0.693. The van der Waals surface area contributed by atoms with E-state index in [4.69, 9.17) is 23.8 Å². The number of thiazole rings is 1. The average molecular weight is 378 g/mol. The summed E-state index contributed by atoms with van der Waals surface area (Å²) < 4.78 is 3.78. The molecule has 0 saturated carbocycles. The normalized spacial score (nSPS) is 11.5. The molecule has 24 heavy (non-hydrogen) atoms. The zero-order valence-corrected chi connectivity index (χ0v) is 15.7. The second-order valence-electron chi connectivity index (χ2n) is 5.21. The minimum atomic E-state index is 0.675. The van der Waals surface area contributed by atoms with Crippen molar-refractivity contribution in [3.8, 4) is 0 Å². The Balaban J connectivity index is 1.93. The maximum absolute atomic E-state index is 5.88. The van der Waals surface area contributed by atoms with Gasteiger partial charge >= 0.3 is 0 Å². The highest BCUT2D eigenvalue weighted by Gasteiger charge is 2.12. The molecular weight excluding hydrogens is 362 g/mol. The first-order valence-electron chi connectivity index (χ1n) is 7.51. The number of halogens is 1. The van der Waals surface area contributed by atoms with Gasteiger partial charge in [-0.2, -0.15) is 5.10 Å². The van der Waals surface area contributed by atoms with E-state index >= 15 is 0 Å². The van der Waals surface area contributed by atoms with Gasteiger partial charge in [-0.1, -0.05) is 42.0 Å². The van der Waals surface area contributed by atoms with Crippen molar-refractivity contribution in [2.75, 3.05) is 5.43 Å². The fourth-order valence-electron chi connectivity index (χ4n) is 2.27. The molecule has 0 aliphatic heterocycles. The van der Waals surface area contributed by atoms with E-state index in [0.29, 0.717) is 16.7 Å². The molecule has 0 saturated heterocycles. The van der Waals surface area contributed by atoms with Crippen molar-refractivity contribution in [2.45, 2.75) is 26.8 Å². The quantitative estimate of drug-likeness (QED) is 0.384. The van der Waals surface area contributed by atoms with E-state index in [1.54, 1.807) is 6.21 Å². The Labute approximate surface area is 154 Å². The van der Waals surface area contributed by atoms with Crippen LogP contribution in [0.4, 0.5) is 5.82 Å². The zero-order valence-electron chi connectivity index (χ0n) is 13.3. The molecule has 0 unspecified atom stereocenters. The maximum atomic E-state index is 5.88. The number of hydrogen-bond donors (Lipinski definition) is 1. The Hall–Kier alpha value is -1.83. The van der Waals surface area contributed by atoms with Crippen molar-refractivity contribution < 1.29 is 0 Å². The van der Waals surface area contributed by atoms with E-state index in [9.17, 15) is 0 Å². The van der Waals surface area contributed by atoms with Gasteiger partial charge in [0.15, 0.2) is 15.4 Å². The highest BCUT2D eigenvalue weighted by molar-refractivity contribution is 7.73. The highest BCUT2D eigenvalue weighted by Crippen LogP contribution is 2.28. The van der Waals surface area contributed by atoms with Gasteiger partial charge < -0.3 is 4.57 Å². The summed E-state index contributed by atoms with van der Waals surface area (Å²) in [5.41, 5.74) is 4.82. The van der Waals surface area contributed by atoms with Gasteiger partial charge in [0.05, 0.1) is 6.21 Å². The van der Waals surface area contributed by atoms with Crippen molar-refractivity contribution in [1.82, 2.24) is 14.5 Å². The van der Waals surface area contributed by atoms with Gasteiger partial charge in [0.2, 0.25) is 0 Å². The number of hydrogen-bond acceptors (Lipinski definition) is 6. The summed E-state index contributed by atoms with van der Waals surface area (Å²) in [4.78, 5) is 9.00. The van der Waals surface area contributed by atoms with Crippen LogP contribution < -0.4 is 5.43 Å². The molecule has 8 heteroatoms. The van der Waals surface area contributed by atoms with Crippen LogP contribution in [0.15, 0.2) is 29.4 Å². The summed E-state index contributed by atoms with van der Waals surface area (Å²) in [6.45, 7) is 4.84. The van der Waals surface area contributed by atoms with Gasteiger partial charge in [-0.3, -0.25) is 5.43 Å². The predicted molar refractivity (Wildman–Crippen MR) is 104 cm³/mol. The lowest BCUT2D eigenvalue weighted by Crippen LogP contribution is -2.02. The Morgan fingerprint density at radius 3 is 2.79 bits per heavy atom. The molecule has 0 bridgehead atoms. The number of anilines is 1. The second kappa shape index (κ2) is 7.38. The van der Waals surface area contributed by atoms with E-state index in [2.05, 4.69) is 32.0 Å². The van der Waals surface area contributed by atoms with Gasteiger partial charge in [0.25, 0.3) is 0 Å². The number of nitrogens with zero attached hydrogens (tertiary/aromatic N) is 4. The van der Waals surface area contributed by atoms with E-state index in [-0.39, 0.29) is 0 Å². The molecule has 3 aromatic rings. The van der Waals surface area contributed by atoms with Crippen LogP contribution in [-0.4, -0.2) is 20.7 Å². The molecule has 0 aliphatic carbocycles. The number of hydrazone groups is 1. The number of nitrogens with one attached hydrogen (secondary N) is 1. The molecule has 0 spiro atoms. The van der Waals surface area contributed by atoms with Crippen LogP contribution in [0, 0.1) is 10.9 Å². The topological polar surface area (TPSA) is 55.1 Å². The summed E-state index contributed by atoms with van der Waals surface area (Å²) in [6, 6.07) is 7.45. The van der Waals surface area contributed by atoms with Crippen LogP contribution in [0.2, 0.25) is 5.02 Å². The molecule has 2 aromatic heterocycles. The van der Waals surface area contributed by atoms with Crippen LogP contribution >= 0.6 is 35.2 Å². The summed E-state index contributed by atoms with van der Waals surface area (Å²) in [7, 11) is 0. The first-order chi connectivity index (χ1) is 11.6. The molecular formula is C16H16ClN5S2. The zero-order chi connectivity index (χ0) is 17.1. The minimum absolute atomic E-state index is 0.675. The fourth-order valence-corrected chi connectivity index (χ4v) is 3.72. The van der Waals surface area contributed by atoms with Crippen molar-refractivity contribution >= 4 is 57.5 Å². The maximum Gasteiger partial charge on any atom is 0.169 e. The Morgan fingerprint density at radius 1 is 1.33 bits per heavy atom.